The van der Waals surface area contributed by atoms with Gasteiger partial charge in [-0.05, 0) is 18.6 Å². The number of hydrogen-bond acceptors (Lipinski definition) is 1. The average Bonchev–Trinajstić information content (AvgIpc) is 2.19. The third-order valence-corrected chi connectivity index (χ3v) is 2.03. The molecule has 0 saturated carbocycles. The van der Waals surface area contributed by atoms with E-state index in [2.05, 4.69) is 0 Å². The van der Waals surface area contributed by atoms with Crippen molar-refractivity contribution in [3.05, 3.63) is 29.8 Å². The number of para-hydroxylation sites is 1. The number of anilines is 1. The van der Waals surface area contributed by atoms with Gasteiger partial charge in [-0.1, -0.05) is 18.2 Å². The molecule has 0 bridgehead atoms. The van der Waals surface area contributed by atoms with Gasteiger partial charge >= 0.3 is 18.0 Å². The molecule has 1 aromatic carbocycles. The quantitative estimate of drug-likeness (QED) is 0.806. The lowest BCUT2D eigenvalue weighted by Gasteiger charge is -2.19. The first-order valence-electron chi connectivity index (χ1n) is 4.48. The van der Waals surface area contributed by atoms with E-state index in [0.29, 0.717) is 5.56 Å². The van der Waals surface area contributed by atoms with Gasteiger partial charge in [0.05, 0.1) is 0 Å². The summed E-state index contributed by atoms with van der Waals surface area (Å²) in [6, 6.07) is 5.68. The average molecular weight is 253 g/mol. The highest BCUT2D eigenvalue weighted by atomic mass is 19.4. The van der Waals surface area contributed by atoms with E-state index in [0.717, 1.165) is 0 Å². The molecule has 1 N–H and O–H groups in total. The summed E-state index contributed by atoms with van der Waals surface area (Å²) >= 11 is 0. The fourth-order valence-electron chi connectivity index (χ4n) is 1.04. The predicted molar refractivity (Wildman–Crippen MR) is 50.8 cm³/mol. The number of alkyl halides is 5. The van der Waals surface area contributed by atoms with Crippen LogP contribution in [0.5, 0.6) is 0 Å². The van der Waals surface area contributed by atoms with Crippen LogP contribution in [0.1, 0.15) is 5.56 Å². The third-order valence-electron chi connectivity index (χ3n) is 2.03. The fourth-order valence-corrected chi connectivity index (χ4v) is 1.04. The zero-order valence-electron chi connectivity index (χ0n) is 8.61. The van der Waals surface area contributed by atoms with E-state index >= 15 is 0 Å². The number of aryl methyl sites for hydroxylation is 1. The Balaban J connectivity index is 2.91. The number of benzene rings is 1. The highest BCUT2D eigenvalue weighted by Crippen LogP contribution is 2.36. The summed E-state index contributed by atoms with van der Waals surface area (Å²) in [5.41, 5.74) is 0.306. The first-order chi connectivity index (χ1) is 7.66. The maximum atomic E-state index is 12.6. The first-order valence-corrected chi connectivity index (χ1v) is 4.48. The summed E-state index contributed by atoms with van der Waals surface area (Å²) in [5, 5.41) is 1.55. The lowest BCUT2D eigenvalue weighted by atomic mass is 10.2. The SMILES string of the molecule is Cc1ccccc1NC(=O)C(F)(F)C(F)(F)F. The van der Waals surface area contributed by atoms with E-state index in [1.807, 2.05) is 0 Å². The molecule has 0 aliphatic rings. The van der Waals surface area contributed by atoms with Crippen LogP contribution in [0.15, 0.2) is 24.3 Å². The molecule has 1 rings (SSSR count). The van der Waals surface area contributed by atoms with E-state index in [4.69, 9.17) is 0 Å². The number of carbonyl (C=O) groups excluding carboxylic acids is 1. The molecular formula is C10H8F5NO. The molecule has 0 radical (unpaired) electrons. The molecule has 94 valence electrons. The van der Waals surface area contributed by atoms with Crippen LogP contribution in [0.25, 0.3) is 0 Å². The molecular weight excluding hydrogens is 245 g/mol. The van der Waals surface area contributed by atoms with Crippen molar-refractivity contribution < 1.29 is 26.7 Å². The lowest BCUT2D eigenvalue weighted by Crippen LogP contribution is -2.47. The molecule has 0 heterocycles. The van der Waals surface area contributed by atoms with Crippen molar-refractivity contribution in [2.24, 2.45) is 0 Å². The summed E-state index contributed by atoms with van der Waals surface area (Å²) in [5.74, 6) is -7.80. The predicted octanol–water partition coefficient (Wildman–Crippen LogP) is 3.13. The van der Waals surface area contributed by atoms with Crippen molar-refractivity contribution in [3.63, 3.8) is 0 Å². The van der Waals surface area contributed by atoms with Gasteiger partial charge in [0.25, 0.3) is 0 Å². The van der Waals surface area contributed by atoms with Gasteiger partial charge in [0.1, 0.15) is 0 Å². The number of rotatable bonds is 2. The maximum Gasteiger partial charge on any atom is 0.463 e. The van der Waals surface area contributed by atoms with E-state index in [9.17, 15) is 26.7 Å². The van der Waals surface area contributed by atoms with Crippen molar-refractivity contribution in [2.75, 3.05) is 5.32 Å². The summed E-state index contributed by atoms with van der Waals surface area (Å²) in [6.45, 7) is 1.47. The Morgan fingerprint density at radius 3 is 2.12 bits per heavy atom. The Labute approximate surface area is 93.4 Å². The van der Waals surface area contributed by atoms with Gasteiger partial charge in [-0.25, -0.2) is 0 Å². The largest absolute Gasteiger partial charge is 0.463 e. The van der Waals surface area contributed by atoms with Gasteiger partial charge in [-0.2, -0.15) is 22.0 Å². The molecule has 0 unspecified atom stereocenters. The molecule has 0 aliphatic heterocycles. The van der Waals surface area contributed by atoms with Crippen LogP contribution in [0, 0.1) is 6.92 Å². The van der Waals surface area contributed by atoms with E-state index in [1.54, 1.807) is 11.4 Å². The second-order valence-corrected chi connectivity index (χ2v) is 3.34. The highest BCUT2D eigenvalue weighted by molar-refractivity contribution is 5.97. The van der Waals surface area contributed by atoms with Crippen LogP contribution in [-0.4, -0.2) is 18.0 Å². The van der Waals surface area contributed by atoms with Crippen molar-refractivity contribution >= 4 is 11.6 Å². The molecule has 2 nitrogen and oxygen atoms in total. The topological polar surface area (TPSA) is 29.1 Å². The summed E-state index contributed by atoms with van der Waals surface area (Å²) in [4.78, 5) is 10.9. The Hall–Kier alpha value is -1.66. The summed E-state index contributed by atoms with van der Waals surface area (Å²) in [6.07, 6.45) is -5.90. The molecule has 0 saturated heterocycles. The zero-order chi connectivity index (χ0) is 13.3. The third kappa shape index (κ3) is 2.72. The van der Waals surface area contributed by atoms with Crippen LogP contribution in [0.2, 0.25) is 0 Å². The molecule has 0 aromatic heterocycles. The molecule has 7 heteroatoms. The Morgan fingerprint density at radius 2 is 1.65 bits per heavy atom. The van der Waals surface area contributed by atoms with Crippen molar-refractivity contribution in [2.45, 2.75) is 19.0 Å². The Bertz CT molecular complexity index is 427. The van der Waals surface area contributed by atoms with Crippen LogP contribution < -0.4 is 5.32 Å². The molecule has 17 heavy (non-hydrogen) atoms. The monoisotopic (exact) mass is 253 g/mol. The molecule has 0 spiro atoms. The van der Waals surface area contributed by atoms with E-state index < -0.39 is 18.0 Å². The number of hydrogen-bond donors (Lipinski definition) is 1. The maximum absolute atomic E-state index is 12.6. The fraction of sp³-hybridized carbons (Fsp3) is 0.300. The van der Waals surface area contributed by atoms with Crippen molar-refractivity contribution in [1.29, 1.82) is 0 Å². The van der Waals surface area contributed by atoms with Crippen LogP contribution in [-0.2, 0) is 4.79 Å². The standard InChI is InChI=1S/C10H8F5NO/c1-6-4-2-3-5-7(6)16-8(17)9(11,12)10(13,14)15/h2-5H,1H3,(H,16,17). The van der Waals surface area contributed by atoms with Crippen LogP contribution >= 0.6 is 0 Å². The first kappa shape index (κ1) is 13.4. The van der Waals surface area contributed by atoms with E-state index in [-0.39, 0.29) is 5.69 Å². The summed E-state index contributed by atoms with van der Waals surface area (Å²) < 4.78 is 60.8. The van der Waals surface area contributed by atoms with Crippen LogP contribution in [0.3, 0.4) is 0 Å². The van der Waals surface area contributed by atoms with Crippen molar-refractivity contribution in [3.8, 4) is 0 Å². The Morgan fingerprint density at radius 1 is 1.12 bits per heavy atom. The van der Waals surface area contributed by atoms with Gasteiger partial charge in [-0.15, -0.1) is 0 Å². The van der Waals surface area contributed by atoms with Crippen molar-refractivity contribution in [1.82, 2.24) is 0 Å². The lowest BCUT2D eigenvalue weighted by molar-refractivity contribution is -0.267. The number of halogens is 5. The summed E-state index contributed by atoms with van der Waals surface area (Å²) in [7, 11) is 0. The van der Waals surface area contributed by atoms with E-state index in [1.165, 1.54) is 25.1 Å². The van der Waals surface area contributed by atoms with Gasteiger partial charge in [0.15, 0.2) is 0 Å². The minimum atomic E-state index is -5.90. The smallest absolute Gasteiger partial charge is 0.320 e. The molecule has 1 aromatic rings. The Kier molecular flexibility index (Phi) is 3.40. The van der Waals surface area contributed by atoms with Gasteiger partial charge in [0.2, 0.25) is 0 Å². The molecule has 1 amide bonds. The minimum Gasteiger partial charge on any atom is -0.320 e. The normalized spacial score (nSPS) is 12.4. The van der Waals surface area contributed by atoms with Gasteiger partial charge < -0.3 is 5.32 Å². The molecule has 0 fully saturated rings. The minimum absolute atomic E-state index is 0.0820. The molecule has 0 atom stereocenters. The number of carbonyl (C=O) groups is 1. The van der Waals surface area contributed by atoms with Gasteiger partial charge in [-0.3, -0.25) is 4.79 Å². The number of nitrogens with one attached hydrogen (secondary N) is 1. The number of amides is 1. The second kappa shape index (κ2) is 4.31. The molecule has 0 aliphatic carbocycles. The second-order valence-electron chi connectivity index (χ2n) is 3.34. The zero-order valence-corrected chi connectivity index (χ0v) is 8.61. The van der Waals surface area contributed by atoms with Crippen LogP contribution in [0.4, 0.5) is 27.6 Å². The van der Waals surface area contributed by atoms with Gasteiger partial charge in [0, 0.05) is 5.69 Å². The highest BCUT2D eigenvalue weighted by Gasteiger charge is 2.63.